The van der Waals surface area contributed by atoms with Crippen LogP contribution in [0.2, 0.25) is 0 Å². The molecule has 5 heteroatoms. The van der Waals surface area contributed by atoms with Crippen molar-refractivity contribution in [3.8, 4) is 17.0 Å². The molecule has 2 aromatic rings. The lowest BCUT2D eigenvalue weighted by Gasteiger charge is -2.10. The molecule has 1 aromatic heterocycles. The van der Waals surface area contributed by atoms with Gasteiger partial charge in [0.2, 0.25) is 5.88 Å². The number of rotatable bonds is 4. The highest BCUT2D eigenvalue weighted by atomic mass is 19.2. The van der Waals surface area contributed by atoms with Crippen molar-refractivity contribution < 1.29 is 17.9 Å². The number of halogens is 3. The normalized spacial score (nSPS) is 10.5. The number of ether oxygens (including phenoxy) is 1. The molecule has 0 atom stereocenters. The predicted octanol–water partition coefficient (Wildman–Crippen LogP) is 3.95. The van der Waals surface area contributed by atoms with Crippen molar-refractivity contribution in [2.75, 3.05) is 6.61 Å². The third-order valence-corrected chi connectivity index (χ3v) is 2.51. The van der Waals surface area contributed by atoms with Crippen molar-refractivity contribution in [2.24, 2.45) is 0 Å². The zero-order chi connectivity index (χ0) is 13.8. The zero-order valence-corrected chi connectivity index (χ0v) is 10.3. The van der Waals surface area contributed by atoms with E-state index in [1.54, 1.807) is 12.1 Å². The highest BCUT2D eigenvalue weighted by molar-refractivity contribution is 5.68. The summed E-state index contributed by atoms with van der Waals surface area (Å²) in [6.07, 6.45) is 2.30. The van der Waals surface area contributed by atoms with Gasteiger partial charge >= 0.3 is 0 Å². The third-order valence-electron chi connectivity index (χ3n) is 2.51. The van der Waals surface area contributed by atoms with Crippen LogP contribution in [0, 0.1) is 17.5 Å². The molecule has 0 fully saturated rings. The van der Waals surface area contributed by atoms with Crippen molar-refractivity contribution in [3.05, 3.63) is 47.9 Å². The van der Waals surface area contributed by atoms with E-state index in [-0.39, 0.29) is 11.4 Å². The van der Waals surface area contributed by atoms with E-state index >= 15 is 0 Å². The Hall–Kier alpha value is -2.04. The first-order valence-electron chi connectivity index (χ1n) is 5.86. The standard InChI is InChI=1S/C14H12F3NO/c1-2-6-19-14-10(4-3-5-18-14)9-7-11(15)13(17)12(16)8-9/h3-5,7-8H,2,6H2,1H3. The first-order chi connectivity index (χ1) is 9.13. The van der Waals surface area contributed by atoms with Crippen LogP contribution in [0.5, 0.6) is 5.88 Å². The summed E-state index contributed by atoms with van der Waals surface area (Å²) in [6.45, 7) is 2.37. The molecule has 0 spiro atoms. The van der Waals surface area contributed by atoms with Crippen molar-refractivity contribution in [1.82, 2.24) is 4.98 Å². The largest absolute Gasteiger partial charge is 0.477 e. The fourth-order valence-electron chi connectivity index (χ4n) is 1.64. The average Bonchev–Trinajstić information content (AvgIpc) is 2.42. The van der Waals surface area contributed by atoms with Crippen LogP contribution in [-0.4, -0.2) is 11.6 Å². The molecule has 0 bridgehead atoms. The third kappa shape index (κ3) is 2.86. The van der Waals surface area contributed by atoms with E-state index in [1.165, 1.54) is 6.20 Å². The maximum atomic E-state index is 13.2. The molecule has 1 aromatic carbocycles. The predicted molar refractivity (Wildman–Crippen MR) is 65.3 cm³/mol. The van der Waals surface area contributed by atoms with Crippen LogP contribution in [-0.2, 0) is 0 Å². The molecule has 0 amide bonds. The molecule has 0 N–H and O–H groups in total. The topological polar surface area (TPSA) is 22.1 Å². The van der Waals surface area contributed by atoms with Crippen molar-refractivity contribution in [3.63, 3.8) is 0 Å². The van der Waals surface area contributed by atoms with Gasteiger partial charge in [0, 0.05) is 11.8 Å². The van der Waals surface area contributed by atoms with Gasteiger partial charge in [0.25, 0.3) is 0 Å². The van der Waals surface area contributed by atoms with Crippen LogP contribution < -0.4 is 4.74 Å². The molecular formula is C14H12F3NO. The van der Waals surface area contributed by atoms with Crippen LogP contribution in [0.3, 0.4) is 0 Å². The van der Waals surface area contributed by atoms with Gasteiger partial charge in [0.1, 0.15) is 0 Å². The number of pyridine rings is 1. The number of hydrogen-bond acceptors (Lipinski definition) is 2. The first-order valence-corrected chi connectivity index (χ1v) is 5.86. The lowest BCUT2D eigenvalue weighted by atomic mass is 10.1. The number of benzene rings is 1. The number of nitrogens with zero attached hydrogens (tertiary/aromatic N) is 1. The molecule has 0 saturated heterocycles. The van der Waals surface area contributed by atoms with Gasteiger partial charge < -0.3 is 4.74 Å². The Morgan fingerprint density at radius 2 is 1.84 bits per heavy atom. The second-order valence-electron chi connectivity index (χ2n) is 3.96. The lowest BCUT2D eigenvalue weighted by Crippen LogP contribution is -2.00. The van der Waals surface area contributed by atoms with Crippen LogP contribution in [0.1, 0.15) is 13.3 Å². The van der Waals surface area contributed by atoms with Crippen LogP contribution in [0.25, 0.3) is 11.1 Å². The van der Waals surface area contributed by atoms with Gasteiger partial charge in [0.05, 0.1) is 6.61 Å². The number of aromatic nitrogens is 1. The monoisotopic (exact) mass is 267 g/mol. The van der Waals surface area contributed by atoms with E-state index in [1.807, 2.05) is 6.92 Å². The summed E-state index contributed by atoms with van der Waals surface area (Å²) in [5, 5.41) is 0. The smallest absolute Gasteiger partial charge is 0.221 e. The molecule has 1 heterocycles. The minimum absolute atomic E-state index is 0.190. The second-order valence-corrected chi connectivity index (χ2v) is 3.96. The maximum Gasteiger partial charge on any atom is 0.221 e. The molecule has 100 valence electrons. The summed E-state index contributed by atoms with van der Waals surface area (Å²) in [5.41, 5.74) is 0.615. The minimum atomic E-state index is -1.48. The zero-order valence-electron chi connectivity index (χ0n) is 10.3. The summed E-state index contributed by atoms with van der Waals surface area (Å²) >= 11 is 0. The molecule has 0 aliphatic heterocycles. The van der Waals surface area contributed by atoms with E-state index in [0.29, 0.717) is 12.2 Å². The minimum Gasteiger partial charge on any atom is -0.477 e. The van der Waals surface area contributed by atoms with Gasteiger partial charge in [-0.2, -0.15) is 0 Å². The highest BCUT2D eigenvalue weighted by Gasteiger charge is 2.14. The molecule has 0 saturated carbocycles. The summed E-state index contributed by atoms with van der Waals surface area (Å²) in [6, 6.07) is 5.08. The fraction of sp³-hybridized carbons (Fsp3) is 0.214. The van der Waals surface area contributed by atoms with E-state index < -0.39 is 17.5 Å². The van der Waals surface area contributed by atoms with Gasteiger partial charge in [0.15, 0.2) is 17.5 Å². The maximum absolute atomic E-state index is 13.2. The second kappa shape index (κ2) is 5.73. The summed E-state index contributed by atoms with van der Waals surface area (Å²) in [4.78, 5) is 4.01. The number of hydrogen-bond donors (Lipinski definition) is 0. The molecule has 0 aliphatic carbocycles. The quantitative estimate of drug-likeness (QED) is 0.782. The molecule has 0 radical (unpaired) electrons. The first kappa shape index (κ1) is 13.4. The van der Waals surface area contributed by atoms with Crippen LogP contribution >= 0.6 is 0 Å². The van der Waals surface area contributed by atoms with Gasteiger partial charge in [-0.15, -0.1) is 0 Å². The Balaban J connectivity index is 2.46. The Bertz CT molecular complexity index is 564. The molecular weight excluding hydrogens is 255 g/mol. The van der Waals surface area contributed by atoms with Crippen molar-refractivity contribution in [1.29, 1.82) is 0 Å². The van der Waals surface area contributed by atoms with Crippen LogP contribution in [0.4, 0.5) is 13.2 Å². The lowest BCUT2D eigenvalue weighted by molar-refractivity contribution is 0.306. The summed E-state index contributed by atoms with van der Waals surface area (Å²) < 4.78 is 44.8. The van der Waals surface area contributed by atoms with E-state index in [9.17, 15) is 13.2 Å². The molecule has 2 nitrogen and oxygen atoms in total. The van der Waals surface area contributed by atoms with Gasteiger partial charge in [-0.25, -0.2) is 18.2 Å². The molecule has 0 unspecified atom stereocenters. The van der Waals surface area contributed by atoms with Crippen molar-refractivity contribution in [2.45, 2.75) is 13.3 Å². The molecule has 0 aliphatic rings. The van der Waals surface area contributed by atoms with Crippen molar-refractivity contribution >= 4 is 0 Å². The summed E-state index contributed by atoms with van der Waals surface area (Å²) in [5.74, 6) is -3.68. The average molecular weight is 267 g/mol. The van der Waals surface area contributed by atoms with E-state index in [0.717, 1.165) is 18.6 Å². The van der Waals surface area contributed by atoms with Gasteiger partial charge in [-0.1, -0.05) is 6.92 Å². The van der Waals surface area contributed by atoms with Crippen LogP contribution in [0.15, 0.2) is 30.5 Å². The Kier molecular flexibility index (Phi) is 4.04. The fourth-order valence-corrected chi connectivity index (χ4v) is 1.64. The molecule has 19 heavy (non-hydrogen) atoms. The Morgan fingerprint density at radius 3 is 2.47 bits per heavy atom. The van der Waals surface area contributed by atoms with Gasteiger partial charge in [-0.05, 0) is 36.2 Å². The molecule has 2 rings (SSSR count). The SMILES string of the molecule is CCCOc1ncccc1-c1cc(F)c(F)c(F)c1. The Morgan fingerprint density at radius 1 is 1.16 bits per heavy atom. The van der Waals surface area contributed by atoms with E-state index in [4.69, 9.17) is 4.74 Å². The highest BCUT2D eigenvalue weighted by Crippen LogP contribution is 2.30. The van der Waals surface area contributed by atoms with Gasteiger partial charge in [-0.3, -0.25) is 0 Å². The summed E-state index contributed by atoms with van der Waals surface area (Å²) in [7, 11) is 0. The Labute approximate surface area is 108 Å². The van der Waals surface area contributed by atoms with E-state index in [2.05, 4.69) is 4.98 Å².